The minimum atomic E-state index is -1.03. The molecule has 0 radical (unpaired) electrons. The van der Waals surface area contributed by atoms with E-state index in [4.69, 9.17) is 4.99 Å². The van der Waals surface area contributed by atoms with Gasteiger partial charge in [-0.1, -0.05) is 81.1 Å². The number of amides is 2. The summed E-state index contributed by atoms with van der Waals surface area (Å²) >= 11 is 0. The number of anilines is 1. The van der Waals surface area contributed by atoms with Crippen LogP contribution in [0.3, 0.4) is 0 Å². The first-order valence-electron chi connectivity index (χ1n) is 12.4. The Kier molecular flexibility index (Phi) is 7.47. The molecule has 2 aromatic rings. The molecule has 2 unspecified atom stereocenters. The van der Waals surface area contributed by atoms with Gasteiger partial charge in [-0.25, -0.2) is 4.99 Å². The van der Waals surface area contributed by atoms with Crippen LogP contribution in [0.25, 0.3) is 0 Å². The lowest BCUT2D eigenvalue weighted by Gasteiger charge is -2.38. The molecule has 6 nitrogen and oxygen atoms in total. The summed E-state index contributed by atoms with van der Waals surface area (Å²) in [6, 6.07) is 17.4. The Hall–Kier alpha value is -2.99. The molecule has 0 aromatic heterocycles. The van der Waals surface area contributed by atoms with Gasteiger partial charge in [0.25, 0.3) is 5.91 Å². The predicted molar refractivity (Wildman–Crippen MR) is 135 cm³/mol. The molecular formula is C28H35N3O3. The number of carbonyl (C=O) groups is 2. The third kappa shape index (κ3) is 4.92. The molecule has 1 aliphatic heterocycles. The molecule has 2 aromatic carbocycles. The first-order valence-corrected chi connectivity index (χ1v) is 12.4. The van der Waals surface area contributed by atoms with Crippen molar-refractivity contribution in [1.29, 1.82) is 0 Å². The van der Waals surface area contributed by atoms with E-state index in [0.29, 0.717) is 18.6 Å². The standard InChI is InChI=1S/C28H35N3O3/c1-3-12-21(32)19-28(17-10-5-11-18-28)27(34)30-25-26(33)31(2)23-16-9-8-15-22(23)24(29-25)20-13-6-4-7-14-20/h4,6-9,13-16,21,25,32H,3,5,10-12,17-19H2,1-2H3,(H,30,34). The second-order valence-corrected chi connectivity index (χ2v) is 9.62. The summed E-state index contributed by atoms with van der Waals surface area (Å²) in [6.07, 6.45) is 4.88. The number of nitrogens with zero attached hydrogens (tertiary/aromatic N) is 2. The van der Waals surface area contributed by atoms with Gasteiger partial charge in [0.2, 0.25) is 12.1 Å². The maximum Gasteiger partial charge on any atom is 0.272 e. The molecule has 4 rings (SSSR count). The number of para-hydroxylation sites is 1. The van der Waals surface area contributed by atoms with Crippen LogP contribution in [0.2, 0.25) is 0 Å². The number of benzodiazepines with no additional fused rings is 1. The number of hydrogen-bond acceptors (Lipinski definition) is 4. The molecule has 34 heavy (non-hydrogen) atoms. The average Bonchev–Trinajstić information content (AvgIpc) is 2.96. The second-order valence-electron chi connectivity index (χ2n) is 9.62. The van der Waals surface area contributed by atoms with E-state index in [1.807, 2.05) is 61.5 Å². The molecule has 2 N–H and O–H groups in total. The number of benzene rings is 2. The second kappa shape index (κ2) is 10.5. The van der Waals surface area contributed by atoms with Crippen molar-refractivity contribution in [3.8, 4) is 0 Å². The molecular weight excluding hydrogens is 426 g/mol. The largest absolute Gasteiger partial charge is 0.393 e. The van der Waals surface area contributed by atoms with Crippen molar-refractivity contribution in [2.45, 2.75) is 70.6 Å². The zero-order chi connectivity index (χ0) is 24.1. The summed E-state index contributed by atoms with van der Waals surface area (Å²) in [5, 5.41) is 13.6. The molecule has 180 valence electrons. The number of nitrogens with one attached hydrogen (secondary N) is 1. The van der Waals surface area contributed by atoms with Gasteiger partial charge in [-0.05, 0) is 31.7 Å². The van der Waals surface area contributed by atoms with Gasteiger partial charge >= 0.3 is 0 Å². The molecule has 2 amide bonds. The molecule has 0 saturated heterocycles. The van der Waals surface area contributed by atoms with Crippen molar-refractivity contribution in [2.24, 2.45) is 10.4 Å². The van der Waals surface area contributed by atoms with Crippen molar-refractivity contribution in [2.75, 3.05) is 11.9 Å². The van der Waals surface area contributed by atoms with E-state index in [-0.39, 0.29) is 11.8 Å². The molecule has 1 saturated carbocycles. The van der Waals surface area contributed by atoms with Gasteiger partial charge in [0.05, 0.1) is 22.9 Å². The van der Waals surface area contributed by atoms with Crippen molar-refractivity contribution in [3.63, 3.8) is 0 Å². The van der Waals surface area contributed by atoms with E-state index in [2.05, 4.69) is 5.32 Å². The van der Waals surface area contributed by atoms with Gasteiger partial charge < -0.3 is 15.3 Å². The van der Waals surface area contributed by atoms with Crippen LogP contribution < -0.4 is 10.2 Å². The van der Waals surface area contributed by atoms with Crippen molar-refractivity contribution >= 4 is 23.2 Å². The Morgan fingerprint density at radius 2 is 1.79 bits per heavy atom. The fourth-order valence-corrected chi connectivity index (χ4v) is 5.36. The SMILES string of the molecule is CCCC(O)CC1(C(=O)NC2N=C(c3ccccc3)c3ccccc3N(C)C2=O)CCCCC1. The highest BCUT2D eigenvalue weighted by atomic mass is 16.3. The number of carbonyl (C=O) groups excluding carboxylic acids is 2. The smallest absolute Gasteiger partial charge is 0.272 e. The van der Waals surface area contributed by atoms with E-state index >= 15 is 0 Å². The average molecular weight is 462 g/mol. The van der Waals surface area contributed by atoms with E-state index in [0.717, 1.165) is 55.3 Å². The maximum atomic E-state index is 13.7. The molecule has 6 heteroatoms. The lowest BCUT2D eigenvalue weighted by molar-refractivity contribution is -0.138. The fourth-order valence-electron chi connectivity index (χ4n) is 5.36. The first kappa shape index (κ1) is 24.1. The van der Waals surface area contributed by atoms with Crippen LogP contribution in [-0.4, -0.2) is 41.9 Å². The quantitative estimate of drug-likeness (QED) is 0.639. The summed E-state index contributed by atoms with van der Waals surface area (Å²) in [7, 11) is 1.73. The van der Waals surface area contributed by atoms with Crippen molar-refractivity contribution in [1.82, 2.24) is 5.32 Å². The van der Waals surface area contributed by atoms with Crippen molar-refractivity contribution < 1.29 is 14.7 Å². The Bertz CT molecular complexity index is 1040. The molecule has 0 bridgehead atoms. The number of likely N-dealkylation sites (N-methyl/N-ethyl adjacent to an activating group) is 1. The number of hydrogen-bond donors (Lipinski definition) is 2. The normalized spacial score (nSPS) is 20.7. The van der Waals surface area contributed by atoms with E-state index in [1.165, 1.54) is 0 Å². The zero-order valence-electron chi connectivity index (χ0n) is 20.2. The number of aliphatic imine (C=N–C) groups is 1. The highest BCUT2D eigenvalue weighted by molar-refractivity contribution is 6.20. The number of fused-ring (bicyclic) bond motifs is 1. The van der Waals surface area contributed by atoms with Gasteiger partial charge in [0.15, 0.2) is 0 Å². The van der Waals surface area contributed by atoms with E-state index < -0.39 is 17.7 Å². The van der Waals surface area contributed by atoms with Crippen LogP contribution in [0, 0.1) is 5.41 Å². The van der Waals surface area contributed by atoms with Gasteiger partial charge in [-0.3, -0.25) is 9.59 Å². The van der Waals surface area contributed by atoms with Crippen LogP contribution in [0.4, 0.5) is 5.69 Å². The van der Waals surface area contributed by atoms with E-state index in [9.17, 15) is 14.7 Å². The first-order chi connectivity index (χ1) is 16.4. The third-order valence-corrected chi connectivity index (χ3v) is 7.20. The third-order valence-electron chi connectivity index (χ3n) is 7.20. The lowest BCUT2D eigenvalue weighted by Crippen LogP contribution is -2.52. The summed E-state index contributed by atoms with van der Waals surface area (Å²) in [4.78, 5) is 33.6. The molecule has 2 atom stereocenters. The molecule has 1 fully saturated rings. The van der Waals surface area contributed by atoms with Crippen LogP contribution in [0.15, 0.2) is 59.6 Å². The summed E-state index contributed by atoms with van der Waals surface area (Å²) < 4.78 is 0. The summed E-state index contributed by atoms with van der Waals surface area (Å²) in [5.74, 6) is -0.442. The summed E-state index contributed by atoms with van der Waals surface area (Å²) in [6.45, 7) is 2.04. The maximum absolute atomic E-state index is 13.7. The number of aliphatic hydroxyl groups excluding tert-OH is 1. The number of rotatable bonds is 7. The molecule has 2 aliphatic rings. The highest BCUT2D eigenvalue weighted by Gasteiger charge is 2.43. The Morgan fingerprint density at radius 1 is 1.12 bits per heavy atom. The van der Waals surface area contributed by atoms with Crippen molar-refractivity contribution in [3.05, 3.63) is 65.7 Å². The zero-order valence-corrected chi connectivity index (χ0v) is 20.2. The topological polar surface area (TPSA) is 82.0 Å². The van der Waals surface area contributed by atoms with Gasteiger partial charge in [0, 0.05) is 18.2 Å². The molecule has 1 aliphatic carbocycles. The highest BCUT2D eigenvalue weighted by Crippen LogP contribution is 2.41. The van der Waals surface area contributed by atoms with Gasteiger partial charge in [-0.2, -0.15) is 0 Å². The van der Waals surface area contributed by atoms with Crippen LogP contribution in [0.1, 0.15) is 69.4 Å². The van der Waals surface area contributed by atoms with Crippen LogP contribution >= 0.6 is 0 Å². The van der Waals surface area contributed by atoms with Crippen LogP contribution in [0.5, 0.6) is 0 Å². The molecule has 0 spiro atoms. The fraction of sp³-hybridized carbons (Fsp3) is 0.464. The van der Waals surface area contributed by atoms with Gasteiger partial charge in [-0.15, -0.1) is 0 Å². The summed E-state index contributed by atoms with van der Waals surface area (Å²) in [5.41, 5.74) is 2.53. The van der Waals surface area contributed by atoms with Crippen LogP contribution in [-0.2, 0) is 9.59 Å². The van der Waals surface area contributed by atoms with Gasteiger partial charge in [0.1, 0.15) is 0 Å². The predicted octanol–water partition coefficient (Wildman–Crippen LogP) is 4.44. The monoisotopic (exact) mass is 461 g/mol. The lowest BCUT2D eigenvalue weighted by atomic mass is 9.69. The Morgan fingerprint density at radius 3 is 2.50 bits per heavy atom. The minimum absolute atomic E-state index is 0.170. The molecule has 1 heterocycles. The Balaban J connectivity index is 1.70. The number of aliphatic hydroxyl groups is 1. The Labute approximate surface area is 202 Å². The minimum Gasteiger partial charge on any atom is -0.393 e. The van der Waals surface area contributed by atoms with E-state index in [1.54, 1.807) is 11.9 Å².